The van der Waals surface area contributed by atoms with Gasteiger partial charge in [-0.1, -0.05) is 32.6 Å². The van der Waals surface area contributed by atoms with E-state index in [0.717, 1.165) is 25.7 Å². The van der Waals surface area contributed by atoms with Crippen LogP contribution in [0, 0.1) is 11.8 Å². The Hall–Kier alpha value is -0.610. The summed E-state index contributed by atoms with van der Waals surface area (Å²) in [5.74, 6) is 0.167. The van der Waals surface area contributed by atoms with Crippen LogP contribution in [0.1, 0.15) is 59.3 Å². The number of nitrogens with one attached hydrogen (secondary N) is 1. The Balaban J connectivity index is 1.88. The highest BCUT2D eigenvalue weighted by Gasteiger charge is 2.42. The summed E-state index contributed by atoms with van der Waals surface area (Å²) in [5.41, 5.74) is -0.705. The van der Waals surface area contributed by atoms with Gasteiger partial charge >= 0.3 is 0 Å². The van der Waals surface area contributed by atoms with E-state index in [-0.39, 0.29) is 30.0 Å². The lowest BCUT2D eigenvalue weighted by molar-refractivity contribution is -0.128. The molecule has 2 rings (SSSR count). The Morgan fingerprint density at radius 2 is 1.75 bits per heavy atom. The highest BCUT2D eigenvalue weighted by Crippen LogP contribution is 2.32. The Bertz CT molecular complexity index is 337. The summed E-state index contributed by atoms with van der Waals surface area (Å²) < 4.78 is 5.72. The molecule has 1 saturated carbocycles. The first kappa shape index (κ1) is 15.8. The van der Waals surface area contributed by atoms with Crippen LogP contribution in [0.5, 0.6) is 0 Å². The SMILES string of the molecule is CC1OC(C)C(C(=O)NCC2(O)CCCCCC2)C1C. The summed E-state index contributed by atoms with van der Waals surface area (Å²) in [6.45, 7) is 6.44. The fourth-order valence-corrected chi connectivity index (χ4v) is 3.65. The molecule has 0 aromatic carbocycles. The standard InChI is InChI=1S/C16H29NO3/c1-11-12(2)20-13(3)14(11)15(18)17-10-16(19)8-6-4-5-7-9-16/h11-14,19H,4-10H2,1-3H3,(H,17,18). The number of hydrogen-bond acceptors (Lipinski definition) is 3. The monoisotopic (exact) mass is 283 g/mol. The first-order valence-corrected chi connectivity index (χ1v) is 8.08. The van der Waals surface area contributed by atoms with Crippen molar-refractivity contribution in [2.45, 2.75) is 77.1 Å². The highest BCUT2D eigenvalue weighted by molar-refractivity contribution is 5.80. The first-order chi connectivity index (χ1) is 9.43. The zero-order chi connectivity index (χ0) is 14.8. The number of ether oxygens (including phenoxy) is 1. The zero-order valence-electron chi connectivity index (χ0n) is 13.0. The third kappa shape index (κ3) is 3.53. The minimum atomic E-state index is -0.705. The number of carbonyl (C=O) groups excluding carboxylic acids is 1. The van der Waals surface area contributed by atoms with Crippen LogP contribution in [0.2, 0.25) is 0 Å². The van der Waals surface area contributed by atoms with Crippen LogP contribution >= 0.6 is 0 Å². The average Bonchev–Trinajstić information content (AvgIpc) is 2.57. The van der Waals surface area contributed by atoms with Crippen LogP contribution in [-0.2, 0) is 9.53 Å². The quantitative estimate of drug-likeness (QED) is 0.781. The largest absolute Gasteiger partial charge is 0.388 e. The molecule has 2 N–H and O–H groups in total. The maximum atomic E-state index is 12.4. The van der Waals surface area contributed by atoms with E-state index in [1.165, 1.54) is 12.8 Å². The van der Waals surface area contributed by atoms with E-state index in [1.807, 2.05) is 13.8 Å². The summed E-state index contributed by atoms with van der Waals surface area (Å²) in [6.07, 6.45) is 6.19. The second kappa shape index (κ2) is 6.44. The van der Waals surface area contributed by atoms with Crippen LogP contribution in [0.25, 0.3) is 0 Å². The van der Waals surface area contributed by atoms with Gasteiger partial charge in [0.1, 0.15) is 0 Å². The Kier molecular flexibility index (Phi) is 5.08. The molecule has 1 aliphatic heterocycles. The van der Waals surface area contributed by atoms with Gasteiger partial charge in [-0.05, 0) is 32.6 Å². The zero-order valence-corrected chi connectivity index (χ0v) is 13.0. The van der Waals surface area contributed by atoms with Gasteiger partial charge in [0.2, 0.25) is 5.91 Å². The van der Waals surface area contributed by atoms with Gasteiger partial charge in [-0.2, -0.15) is 0 Å². The Morgan fingerprint density at radius 3 is 2.25 bits per heavy atom. The maximum Gasteiger partial charge on any atom is 0.226 e. The van der Waals surface area contributed by atoms with E-state index in [4.69, 9.17) is 4.74 Å². The van der Waals surface area contributed by atoms with Gasteiger partial charge in [-0.25, -0.2) is 0 Å². The van der Waals surface area contributed by atoms with Gasteiger partial charge in [0.05, 0.1) is 23.7 Å². The molecular formula is C16H29NO3. The van der Waals surface area contributed by atoms with Crippen molar-refractivity contribution in [3.05, 3.63) is 0 Å². The summed E-state index contributed by atoms with van der Waals surface area (Å²) in [5, 5.41) is 13.6. The summed E-state index contributed by atoms with van der Waals surface area (Å²) in [7, 11) is 0. The minimum absolute atomic E-state index is 0.0343. The lowest BCUT2D eigenvalue weighted by Crippen LogP contribution is -2.46. The van der Waals surface area contributed by atoms with Crippen molar-refractivity contribution < 1.29 is 14.6 Å². The molecule has 116 valence electrons. The molecule has 0 spiro atoms. The smallest absolute Gasteiger partial charge is 0.226 e. The van der Waals surface area contributed by atoms with Gasteiger partial charge < -0.3 is 15.2 Å². The first-order valence-electron chi connectivity index (χ1n) is 8.08. The molecule has 1 heterocycles. The van der Waals surface area contributed by atoms with Crippen LogP contribution in [0.3, 0.4) is 0 Å². The number of carbonyl (C=O) groups is 1. The van der Waals surface area contributed by atoms with E-state index in [9.17, 15) is 9.90 Å². The molecule has 4 heteroatoms. The molecule has 1 saturated heterocycles. The number of hydrogen-bond donors (Lipinski definition) is 2. The lowest BCUT2D eigenvalue weighted by Gasteiger charge is -2.28. The molecule has 1 amide bonds. The van der Waals surface area contributed by atoms with E-state index in [1.54, 1.807) is 0 Å². The van der Waals surface area contributed by atoms with E-state index in [2.05, 4.69) is 12.2 Å². The van der Waals surface area contributed by atoms with Gasteiger partial charge in [-0.15, -0.1) is 0 Å². The molecule has 0 aromatic rings. The second-order valence-corrected chi connectivity index (χ2v) is 6.79. The van der Waals surface area contributed by atoms with Crippen molar-refractivity contribution in [2.24, 2.45) is 11.8 Å². The molecule has 0 radical (unpaired) electrons. The summed E-state index contributed by atoms with van der Waals surface area (Å²) in [4.78, 5) is 12.4. The minimum Gasteiger partial charge on any atom is -0.388 e. The molecular weight excluding hydrogens is 254 g/mol. The third-order valence-corrected chi connectivity index (χ3v) is 5.17. The van der Waals surface area contributed by atoms with Crippen LogP contribution < -0.4 is 5.32 Å². The number of rotatable bonds is 3. The third-order valence-electron chi connectivity index (χ3n) is 5.17. The van der Waals surface area contributed by atoms with Crippen molar-refractivity contribution in [2.75, 3.05) is 6.54 Å². The Morgan fingerprint density at radius 1 is 1.15 bits per heavy atom. The predicted molar refractivity (Wildman–Crippen MR) is 78.3 cm³/mol. The van der Waals surface area contributed by atoms with Crippen LogP contribution in [0.15, 0.2) is 0 Å². The Labute approximate surface area is 122 Å². The fourth-order valence-electron chi connectivity index (χ4n) is 3.65. The van der Waals surface area contributed by atoms with Crippen molar-refractivity contribution in [1.29, 1.82) is 0 Å². The normalized spacial score (nSPS) is 37.4. The van der Waals surface area contributed by atoms with Crippen molar-refractivity contribution in [1.82, 2.24) is 5.32 Å². The maximum absolute atomic E-state index is 12.4. The van der Waals surface area contributed by atoms with Gasteiger partial charge in [0.25, 0.3) is 0 Å². The molecule has 2 fully saturated rings. The van der Waals surface area contributed by atoms with Crippen molar-refractivity contribution >= 4 is 5.91 Å². The predicted octanol–water partition coefficient (Wildman–Crippen LogP) is 2.25. The van der Waals surface area contributed by atoms with Crippen molar-refractivity contribution in [3.8, 4) is 0 Å². The van der Waals surface area contributed by atoms with E-state index in [0.29, 0.717) is 6.54 Å². The van der Waals surface area contributed by atoms with E-state index >= 15 is 0 Å². The molecule has 20 heavy (non-hydrogen) atoms. The fraction of sp³-hybridized carbons (Fsp3) is 0.938. The van der Waals surface area contributed by atoms with Crippen LogP contribution in [0.4, 0.5) is 0 Å². The molecule has 0 bridgehead atoms. The molecule has 2 aliphatic rings. The van der Waals surface area contributed by atoms with Crippen molar-refractivity contribution in [3.63, 3.8) is 0 Å². The van der Waals surface area contributed by atoms with E-state index < -0.39 is 5.60 Å². The highest BCUT2D eigenvalue weighted by atomic mass is 16.5. The topological polar surface area (TPSA) is 58.6 Å². The van der Waals surface area contributed by atoms with Crippen LogP contribution in [-0.4, -0.2) is 35.4 Å². The van der Waals surface area contributed by atoms with Gasteiger partial charge in [0.15, 0.2) is 0 Å². The van der Waals surface area contributed by atoms with Gasteiger partial charge in [-0.3, -0.25) is 4.79 Å². The second-order valence-electron chi connectivity index (χ2n) is 6.79. The summed E-state index contributed by atoms with van der Waals surface area (Å²) in [6, 6.07) is 0. The molecule has 4 atom stereocenters. The molecule has 1 aliphatic carbocycles. The number of amides is 1. The number of aliphatic hydroxyl groups is 1. The molecule has 0 aromatic heterocycles. The average molecular weight is 283 g/mol. The van der Waals surface area contributed by atoms with Gasteiger partial charge in [0, 0.05) is 6.54 Å². The summed E-state index contributed by atoms with van der Waals surface area (Å²) >= 11 is 0. The lowest BCUT2D eigenvalue weighted by atomic mass is 9.88. The molecule has 4 unspecified atom stereocenters. The molecule has 4 nitrogen and oxygen atoms in total.